The van der Waals surface area contributed by atoms with Gasteiger partial charge in [-0.2, -0.15) is 8.42 Å². The third-order valence-electron chi connectivity index (χ3n) is 12.4. The number of rotatable bonds is 7. The van der Waals surface area contributed by atoms with Gasteiger partial charge in [0.05, 0.1) is 41.5 Å². The largest absolute Gasteiger partial charge is 0.744 e. The van der Waals surface area contributed by atoms with Crippen molar-refractivity contribution >= 4 is 20.2 Å². The lowest BCUT2D eigenvalue weighted by Gasteiger charge is -2.30. The van der Waals surface area contributed by atoms with E-state index in [9.17, 15) is 21.4 Å². The van der Waals surface area contributed by atoms with Crippen molar-refractivity contribution in [1.29, 1.82) is 0 Å². The Labute approximate surface area is 277 Å². The van der Waals surface area contributed by atoms with Crippen LogP contribution in [-0.2, 0) is 47.3 Å². The second-order valence-electron chi connectivity index (χ2n) is 15.1. The molecule has 11 heteroatoms. The van der Waals surface area contributed by atoms with E-state index in [1.807, 2.05) is 0 Å². The van der Waals surface area contributed by atoms with Crippen LogP contribution in [-0.4, -0.2) is 58.0 Å². The van der Waals surface area contributed by atoms with E-state index >= 15 is 0 Å². The van der Waals surface area contributed by atoms with Gasteiger partial charge in [-0.1, -0.05) is 25.0 Å². The average Bonchev–Trinajstić information content (AvgIpc) is 3.89. The molecule has 0 N–H and O–H groups in total. The molecule has 0 radical (unpaired) electrons. The Hall–Kier alpha value is -2.02. The predicted molar refractivity (Wildman–Crippen MR) is 170 cm³/mol. The molecule has 0 spiro atoms. The number of fused-ring (bicyclic) bond motifs is 7. The molecule has 6 heterocycles. The third kappa shape index (κ3) is 5.38. The molecule has 9 atom stereocenters. The highest BCUT2D eigenvalue weighted by Gasteiger charge is 2.49. The monoisotopic (exact) mass is 683 g/mol. The molecule has 7 aliphatic rings. The molecule has 6 saturated heterocycles. The molecule has 6 bridgehead atoms. The molecule has 6 fully saturated rings. The van der Waals surface area contributed by atoms with Crippen molar-refractivity contribution < 1.29 is 39.8 Å². The van der Waals surface area contributed by atoms with Crippen molar-refractivity contribution in [3.63, 3.8) is 0 Å². The van der Waals surface area contributed by atoms with Crippen LogP contribution in [0.3, 0.4) is 0 Å². The zero-order valence-corrected chi connectivity index (χ0v) is 28.2. The van der Waals surface area contributed by atoms with E-state index in [2.05, 4.69) is 12.1 Å². The molecule has 47 heavy (non-hydrogen) atoms. The summed E-state index contributed by atoms with van der Waals surface area (Å²) < 4.78 is 91.8. The van der Waals surface area contributed by atoms with E-state index in [1.54, 1.807) is 0 Å². The van der Waals surface area contributed by atoms with Gasteiger partial charge in [0.2, 0.25) is 0 Å². The summed E-state index contributed by atoms with van der Waals surface area (Å²) in [6, 6.07) is 6.88. The van der Waals surface area contributed by atoms with Crippen LogP contribution in [0.4, 0.5) is 0 Å². The van der Waals surface area contributed by atoms with Crippen molar-refractivity contribution in [3.05, 3.63) is 52.1 Å². The normalized spacial score (nSPS) is 36.1. The van der Waals surface area contributed by atoms with Crippen molar-refractivity contribution in [1.82, 2.24) is 0 Å². The molecule has 254 valence electrons. The van der Waals surface area contributed by atoms with Gasteiger partial charge >= 0.3 is 10.1 Å². The molecular formula is C36H43O9S2-. The van der Waals surface area contributed by atoms with E-state index in [0.717, 1.165) is 100 Å². The summed E-state index contributed by atoms with van der Waals surface area (Å²) in [5, 5.41) is 0. The standard InChI is InChI=1S/C36H44O9S2/c37-46(38,39)35-14-13-34(24-5-3-1-2-4-6-25(24)35)45-47(40,41)36-29(27-18-22-8-11-32(27)43-22)15-20(26-17-21-7-10-31(26)42-21)16-30(36)28-19-23-9-12-33(28)44-23/h13-16,21-23,26-28,31-33H,1-12,17-19H2,(H,37,38,39)/p-1. The first-order valence-electron chi connectivity index (χ1n) is 17.8. The van der Waals surface area contributed by atoms with Crippen LogP contribution in [0.5, 0.6) is 5.75 Å². The van der Waals surface area contributed by atoms with Crippen LogP contribution in [0.15, 0.2) is 34.1 Å². The number of benzene rings is 2. The second kappa shape index (κ2) is 11.5. The Bertz CT molecular complexity index is 1760. The molecule has 2 aromatic rings. The van der Waals surface area contributed by atoms with Crippen LogP contribution in [0.25, 0.3) is 0 Å². The molecule has 0 amide bonds. The first kappa shape index (κ1) is 31.0. The smallest absolute Gasteiger partial charge is 0.339 e. The van der Waals surface area contributed by atoms with Crippen molar-refractivity contribution in [2.75, 3.05) is 0 Å². The summed E-state index contributed by atoms with van der Waals surface area (Å²) in [6.07, 6.45) is 13.2. The quantitative estimate of drug-likeness (QED) is 0.250. The first-order chi connectivity index (χ1) is 22.6. The molecule has 0 saturated carbocycles. The zero-order chi connectivity index (χ0) is 32.1. The molecule has 9 unspecified atom stereocenters. The summed E-state index contributed by atoms with van der Waals surface area (Å²) in [5.41, 5.74) is 3.66. The van der Waals surface area contributed by atoms with Crippen molar-refractivity contribution in [2.24, 2.45) is 0 Å². The van der Waals surface area contributed by atoms with Crippen molar-refractivity contribution in [2.45, 2.75) is 160 Å². The fourth-order valence-electron chi connectivity index (χ4n) is 10.3. The Morgan fingerprint density at radius 3 is 1.62 bits per heavy atom. The Morgan fingerprint density at radius 2 is 1.15 bits per heavy atom. The summed E-state index contributed by atoms with van der Waals surface area (Å²) in [6.45, 7) is 0. The van der Waals surface area contributed by atoms with Gasteiger partial charge in [-0.15, -0.1) is 0 Å². The highest BCUT2D eigenvalue weighted by Crippen LogP contribution is 2.53. The number of hydrogen-bond acceptors (Lipinski definition) is 9. The van der Waals surface area contributed by atoms with Crippen LogP contribution in [0.2, 0.25) is 0 Å². The maximum absolute atomic E-state index is 14.9. The predicted octanol–water partition coefficient (Wildman–Crippen LogP) is 6.12. The minimum Gasteiger partial charge on any atom is -0.744 e. The molecule has 9 nitrogen and oxygen atoms in total. The Kier molecular flexibility index (Phi) is 7.60. The Balaban J connectivity index is 1.20. The van der Waals surface area contributed by atoms with E-state index in [-0.39, 0.29) is 69.9 Å². The van der Waals surface area contributed by atoms with Gasteiger partial charge in [0.15, 0.2) is 0 Å². The Morgan fingerprint density at radius 1 is 0.638 bits per heavy atom. The topological polar surface area (TPSA) is 128 Å². The summed E-state index contributed by atoms with van der Waals surface area (Å²) in [7, 11) is -9.15. The van der Waals surface area contributed by atoms with E-state index in [4.69, 9.17) is 18.4 Å². The van der Waals surface area contributed by atoms with Crippen LogP contribution in [0.1, 0.15) is 129 Å². The van der Waals surface area contributed by atoms with E-state index < -0.39 is 20.2 Å². The van der Waals surface area contributed by atoms with E-state index in [1.165, 1.54) is 12.1 Å². The van der Waals surface area contributed by atoms with Gasteiger partial charge in [-0.25, -0.2) is 8.42 Å². The van der Waals surface area contributed by atoms with Gasteiger partial charge < -0.3 is 22.9 Å². The SMILES string of the molecule is O=S(=O)([O-])c1ccc(OS(=O)(=O)c2c(C3CC4CCC3O4)cc(C3CC4CCC3O4)cc2C2CC3CCC2O3)c2c1CCCCCC2. The minimum absolute atomic E-state index is 0.0359. The van der Waals surface area contributed by atoms with Crippen molar-refractivity contribution in [3.8, 4) is 5.75 Å². The molecule has 9 rings (SSSR count). The highest BCUT2D eigenvalue weighted by atomic mass is 32.2. The maximum Gasteiger partial charge on any atom is 0.339 e. The lowest BCUT2D eigenvalue weighted by atomic mass is 9.76. The highest BCUT2D eigenvalue weighted by molar-refractivity contribution is 7.87. The van der Waals surface area contributed by atoms with Crippen LogP contribution < -0.4 is 4.18 Å². The summed E-state index contributed by atoms with van der Waals surface area (Å²) in [4.78, 5) is -0.0241. The summed E-state index contributed by atoms with van der Waals surface area (Å²) >= 11 is 0. The first-order valence-corrected chi connectivity index (χ1v) is 20.6. The van der Waals surface area contributed by atoms with Gasteiger partial charge in [0, 0.05) is 23.3 Å². The van der Waals surface area contributed by atoms with Gasteiger partial charge in [0.1, 0.15) is 20.8 Å². The third-order valence-corrected chi connectivity index (χ3v) is 14.7. The lowest BCUT2D eigenvalue weighted by molar-refractivity contribution is 0.0996. The van der Waals surface area contributed by atoms with Gasteiger partial charge in [-0.05, 0) is 118 Å². The molecule has 0 aromatic heterocycles. The molecule has 2 aromatic carbocycles. The van der Waals surface area contributed by atoms with E-state index in [0.29, 0.717) is 24.0 Å². The lowest BCUT2D eigenvalue weighted by Crippen LogP contribution is -2.26. The second-order valence-corrected chi connectivity index (χ2v) is 17.9. The maximum atomic E-state index is 14.9. The number of ether oxygens (including phenoxy) is 3. The average molecular weight is 684 g/mol. The number of hydrogen-bond donors (Lipinski definition) is 0. The fourth-order valence-corrected chi connectivity index (χ4v) is 12.5. The minimum atomic E-state index is -4.74. The molecule has 1 aliphatic carbocycles. The summed E-state index contributed by atoms with van der Waals surface area (Å²) in [5.74, 6) is 0.233. The zero-order valence-electron chi connectivity index (χ0n) is 26.6. The van der Waals surface area contributed by atoms with Crippen LogP contribution in [0, 0.1) is 0 Å². The molecule has 6 aliphatic heterocycles. The fraction of sp³-hybridized carbons (Fsp3) is 0.667. The van der Waals surface area contributed by atoms with Gasteiger partial charge in [0.25, 0.3) is 0 Å². The van der Waals surface area contributed by atoms with Crippen LogP contribution >= 0.6 is 0 Å². The van der Waals surface area contributed by atoms with Gasteiger partial charge in [-0.3, -0.25) is 0 Å². The molecular weight excluding hydrogens is 641 g/mol.